The number of carbonyl (C=O) groups excluding carboxylic acids is 1. The van der Waals surface area contributed by atoms with Crippen molar-refractivity contribution in [2.75, 3.05) is 0 Å². The predicted octanol–water partition coefficient (Wildman–Crippen LogP) is 4.13. The fraction of sp³-hybridized carbons (Fsp3) is 0.444. The molecule has 1 saturated carbocycles. The lowest BCUT2D eigenvalue weighted by atomic mass is 9.86. The van der Waals surface area contributed by atoms with Crippen molar-refractivity contribution in [2.24, 2.45) is 0 Å². The second kappa shape index (κ2) is 5.51. The normalized spacial score (nSPS) is 20.5. The molecule has 22 heavy (non-hydrogen) atoms. The molecular weight excluding hydrogens is 292 g/mol. The summed E-state index contributed by atoms with van der Waals surface area (Å²) in [7, 11) is 0. The molecule has 0 N–H and O–H groups in total. The minimum atomic E-state index is 0.184. The number of hydrogen-bond acceptors (Lipinski definition) is 3. The van der Waals surface area contributed by atoms with Crippen LogP contribution in [0.15, 0.2) is 29.8 Å². The van der Waals surface area contributed by atoms with E-state index in [0.717, 1.165) is 36.3 Å². The summed E-state index contributed by atoms with van der Waals surface area (Å²) in [5.74, 6) is 0.184. The summed E-state index contributed by atoms with van der Waals surface area (Å²) in [6.07, 6.45) is 5.67. The number of nitrogens with zero attached hydrogens (tertiary/aromatic N) is 2. The van der Waals surface area contributed by atoms with E-state index in [2.05, 4.69) is 34.1 Å². The van der Waals surface area contributed by atoms with Crippen LogP contribution in [-0.4, -0.2) is 21.8 Å². The Bertz CT molecular complexity index is 705. The lowest BCUT2D eigenvalue weighted by Crippen LogP contribution is -2.38. The Balaban J connectivity index is 1.72. The molecule has 2 aromatic rings. The maximum Gasteiger partial charge on any atom is 0.266 e. The van der Waals surface area contributed by atoms with Crippen molar-refractivity contribution in [1.82, 2.24) is 9.88 Å². The van der Waals surface area contributed by atoms with Crippen LogP contribution in [0.3, 0.4) is 0 Å². The standard InChI is InChI=1S/C18H20N2OS/c1-12-17(22-11-19-12)18(21)20(14-9-10-14)16-8-4-6-13-5-2-3-7-15(13)16/h2-3,5,7,11,14,16H,4,6,8-10H2,1H3. The summed E-state index contributed by atoms with van der Waals surface area (Å²) in [5.41, 5.74) is 5.42. The van der Waals surface area contributed by atoms with Crippen LogP contribution in [0.4, 0.5) is 0 Å². The Hall–Kier alpha value is -1.68. The first-order chi connectivity index (χ1) is 10.8. The van der Waals surface area contributed by atoms with Gasteiger partial charge in [-0.1, -0.05) is 24.3 Å². The van der Waals surface area contributed by atoms with Gasteiger partial charge in [0.05, 0.1) is 17.2 Å². The number of aromatic nitrogens is 1. The van der Waals surface area contributed by atoms with Crippen LogP contribution in [0, 0.1) is 6.92 Å². The number of rotatable bonds is 3. The number of amides is 1. The average Bonchev–Trinajstić information content (AvgIpc) is 3.28. The highest BCUT2D eigenvalue weighted by Gasteiger charge is 2.40. The SMILES string of the molecule is Cc1ncsc1C(=O)N(C1CC1)C1CCCc2ccccc21. The predicted molar refractivity (Wildman–Crippen MR) is 88.2 cm³/mol. The monoisotopic (exact) mass is 312 g/mol. The molecule has 4 heteroatoms. The fourth-order valence-corrected chi connectivity index (χ4v) is 4.30. The Kier molecular flexibility index (Phi) is 3.49. The van der Waals surface area contributed by atoms with Crippen molar-refractivity contribution in [1.29, 1.82) is 0 Å². The largest absolute Gasteiger partial charge is 0.328 e. The molecule has 1 amide bonds. The van der Waals surface area contributed by atoms with E-state index < -0.39 is 0 Å². The zero-order valence-corrected chi connectivity index (χ0v) is 13.6. The molecule has 3 nitrogen and oxygen atoms in total. The van der Waals surface area contributed by atoms with E-state index in [4.69, 9.17) is 0 Å². The Morgan fingerprint density at radius 1 is 1.27 bits per heavy atom. The zero-order valence-electron chi connectivity index (χ0n) is 12.8. The van der Waals surface area contributed by atoms with Crippen molar-refractivity contribution < 1.29 is 4.79 Å². The number of aryl methyl sites for hydroxylation is 2. The van der Waals surface area contributed by atoms with Gasteiger partial charge in [0.1, 0.15) is 4.88 Å². The molecule has 0 aliphatic heterocycles. The van der Waals surface area contributed by atoms with Crippen LogP contribution in [0.1, 0.15) is 58.2 Å². The third-order valence-electron chi connectivity index (χ3n) is 4.79. The average molecular weight is 312 g/mol. The smallest absolute Gasteiger partial charge is 0.266 e. The molecule has 2 aliphatic carbocycles. The van der Waals surface area contributed by atoms with Gasteiger partial charge in [-0.2, -0.15) is 0 Å². The maximum atomic E-state index is 13.1. The zero-order chi connectivity index (χ0) is 15.1. The van der Waals surface area contributed by atoms with Crippen LogP contribution < -0.4 is 0 Å². The van der Waals surface area contributed by atoms with Crippen molar-refractivity contribution in [3.05, 3.63) is 51.5 Å². The van der Waals surface area contributed by atoms with Gasteiger partial charge < -0.3 is 4.90 Å². The molecule has 1 aromatic carbocycles. The molecule has 114 valence electrons. The van der Waals surface area contributed by atoms with Gasteiger partial charge >= 0.3 is 0 Å². The van der Waals surface area contributed by atoms with Crippen LogP contribution in [-0.2, 0) is 6.42 Å². The third kappa shape index (κ3) is 2.35. The van der Waals surface area contributed by atoms with Gasteiger partial charge in [-0.05, 0) is 50.2 Å². The van der Waals surface area contributed by atoms with Gasteiger partial charge in [-0.25, -0.2) is 4.98 Å². The maximum absolute atomic E-state index is 13.1. The molecule has 2 aliphatic rings. The number of carbonyl (C=O) groups is 1. The highest BCUT2D eigenvalue weighted by atomic mass is 32.1. The summed E-state index contributed by atoms with van der Waals surface area (Å²) in [6, 6.07) is 9.30. The van der Waals surface area contributed by atoms with E-state index in [1.165, 1.54) is 28.9 Å². The van der Waals surface area contributed by atoms with E-state index >= 15 is 0 Å². The third-order valence-corrected chi connectivity index (χ3v) is 5.70. The first-order valence-corrected chi connectivity index (χ1v) is 8.94. The second-order valence-corrected chi connectivity index (χ2v) is 7.17. The molecule has 0 radical (unpaired) electrons. The van der Waals surface area contributed by atoms with Gasteiger partial charge in [-0.15, -0.1) is 11.3 Å². The van der Waals surface area contributed by atoms with E-state index in [1.54, 1.807) is 5.51 Å². The van der Waals surface area contributed by atoms with E-state index in [1.807, 2.05) is 6.92 Å². The molecular formula is C18H20N2OS. The number of thiazole rings is 1. The Morgan fingerprint density at radius 3 is 2.82 bits per heavy atom. The van der Waals surface area contributed by atoms with E-state index in [0.29, 0.717) is 6.04 Å². The first-order valence-electron chi connectivity index (χ1n) is 8.06. The van der Waals surface area contributed by atoms with E-state index in [9.17, 15) is 4.79 Å². The van der Waals surface area contributed by atoms with Crippen LogP contribution >= 0.6 is 11.3 Å². The highest BCUT2D eigenvalue weighted by Crippen LogP contribution is 2.42. The molecule has 1 unspecified atom stereocenters. The number of fused-ring (bicyclic) bond motifs is 1. The second-order valence-electron chi connectivity index (χ2n) is 6.32. The molecule has 1 aromatic heterocycles. The van der Waals surface area contributed by atoms with Gasteiger partial charge in [0, 0.05) is 6.04 Å². The number of hydrogen-bond donors (Lipinski definition) is 0. The van der Waals surface area contributed by atoms with Crippen molar-refractivity contribution in [3.63, 3.8) is 0 Å². The van der Waals surface area contributed by atoms with Gasteiger partial charge in [0.15, 0.2) is 0 Å². The topological polar surface area (TPSA) is 33.2 Å². The summed E-state index contributed by atoms with van der Waals surface area (Å²) in [5, 5.41) is 0. The molecule has 0 bridgehead atoms. The summed E-state index contributed by atoms with van der Waals surface area (Å²) in [6.45, 7) is 1.93. The minimum Gasteiger partial charge on any atom is -0.328 e. The molecule has 1 heterocycles. The molecule has 0 spiro atoms. The first kappa shape index (κ1) is 13.9. The quantitative estimate of drug-likeness (QED) is 0.853. The fourth-order valence-electron chi connectivity index (χ4n) is 3.56. The highest BCUT2D eigenvalue weighted by molar-refractivity contribution is 7.11. The Morgan fingerprint density at radius 2 is 2.09 bits per heavy atom. The summed E-state index contributed by atoms with van der Waals surface area (Å²) < 4.78 is 0. The summed E-state index contributed by atoms with van der Waals surface area (Å²) >= 11 is 1.47. The molecule has 1 fully saturated rings. The van der Waals surface area contributed by atoms with Gasteiger partial charge in [0.2, 0.25) is 0 Å². The van der Waals surface area contributed by atoms with Crippen LogP contribution in [0.5, 0.6) is 0 Å². The molecule has 0 saturated heterocycles. The van der Waals surface area contributed by atoms with Crippen molar-refractivity contribution in [3.8, 4) is 0 Å². The number of benzene rings is 1. The lowest BCUT2D eigenvalue weighted by Gasteiger charge is -2.36. The minimum absolute atomic E-state index is 0.184. The molecule has 1 atom stereocenters. The van der Waals surface area contributed by atoms with Crippen LogP contribution in [0.2, 0.25) is 0 Å². The van der Waals surface area contributed by atoms with Crippen molar-refractivity contribution >= 4 is 17.2 Å². The summed E-state index contributed by atoms with van der Waals surface area (Å²) in [4.78, 5) is 20.4. The Labute approximate surface area is 135 Å². The van der Waals surface area contributed by atoms with Gasteiger partial charge in [0.25, 0.3) is 5.91 Å². The van der Waals surface area contributed by atoms with Gasteiger partial charge in [-0.3, -0.25) is 4.79 Å². The molecule has 4 rings (SSSR count). The van der Waals surface area contributed by atoms with E-state index in [-0.39, 0.29) is 11.9 Å². The van der Waals surface area contributed by atoms with Crippen molar-refractivity contribution in [2.45, 2.75) is 51.1 Å². The lowest BCUT2D eigenvalue weighted by molar-refractivity contribution is 0.0642. The van der Waals surface area contributed by atoms with Crippen LogP contribution in [0.25, 0.3) is 0 Å².